The summed E-state index contributed by atoms with van der Waals surface area (Å²) >= 11 is 0. The number of methoxy groups -OCH3 is 2. The number of hydrogen-bond acceptors (Lipinski definition) is 8. The lowest BCUT2D eigenvalue weighted by molar-refractivity contribution is -0.171. The van der Waals surface area contributed by atoms with Gasteiger partial charge in [-0.1, -0.05) is 35.5 Å². The van der Waals surface area contributed by atoms with Gasteiger partial charge in [-0.25, -0.2) is 4.79 Å². The molecule has 48 heavy (non-hydrogen) atoms. The number of ketones is 2. The Morgan fingerprint density at radius 1 is 0.979 bits per heavy atom. The molecule has 1 aromatic carbocycles. The zero-order valence-corrected chi connectivity index (χ0v) is 29.9. The second-order valence-corrected chi connectivity index (χ2v) is 15.1. The first-order chi connectivity index (χ1) is 22.6. The van der Waals surface area contributed by atoms with Crippen molar-refractivity contribution in [3.63, 3.8) is 0 Å². The van der Waals surface area contributed by atoms with E-state index >= 15 is 4.79 Å². The van der Waals surface area contributed by atoms with Crippen molar-refractivity contribution in [3.05, 3.63) is 69.4 Å². The maximum absolute atomic E-state index is 15.0. The van der Waals surface area contributed by atoms with E-state index in [4.69, 9.17) is 23.7 Å². The average molecular weight is 657 g/mol. The minimum Gasteiger partial charge on any atom is -0.495 e. The number of Topliss-reactive ketones (excluding diaryl/α,β-unsaturated/α-hetero) is 2. The van der Waals surface area contributed by atoms with Crippen molar-refractivity contribution in [2.24, 2.45) is 11.8 Å². The van der Waals surface area contributed by atoms with Crippen molar-refractivity contribution in [2.45, 2.75) is 110 Å². The van der Waals surface area contributed by atoms with Crippen molar-refractivity contribution in [1.29, 1.82) is 0 Å². The first kappa shape index (κ1) is 34.0. The molecule has 7 rings (SSSR count). The summed E-state index contributed by atoms with van der Waals surface area (Å²) in [4.78, 5) is 41.9. The number of rotatable bonds is 9. The molecule has 0 N–H and O–H groups in total. The molecule has 1 aromatic rings. The second kappa shape index (κ2) is 11.6. The predicted octanol–water partition coefficient (Wildman–Crippen LogP) is 7.63. The molecule has 1 saturated carbocycles. The van der Waals surface area contributed by atoms with Crippen LogP contribution in [0.3, 0.4) is 0 Å². The van der Waals surface area contributed by atoms with Crippen LogP contribution in [0.15, 0.2) is 52.7 Å². The topological polar surface area (TPSA) is 97.4 Å². The van der Waals surface area contributed by atoms with Crippen LogP contribution in [0.5, 0.6) is 17.2 Å². The monoisotopic (exact) mass is 656 g/mol. The molecule has 8 heteroatoms. The van der Waals surface area contributed by atoms with E-state index in [9.17, 15) is 9.59 Å². The summed E-state index contributed by atoms with van der Waals surface area (Å²) < 4.78 is 32.1. The second-order valence-electron chi connectivity index (χ2n) is 15.1. The number of hydrogen-bond donors (Lipinski definition) is 0. The van der Waals surface area contributed by atoms with E-state index in [0.29, 0.717) is 52.4 Å². The summed E-state index contributed by atoms with van der Waals surface area (Å²) in [5.74, 6) is -0.337. The molecule has 5 atom stereocenters. The smallest absolute Gasteiger partial charge is 0.333 e. The minimum absolute atomic E-state index is 0.0518. The number of ether oxygens (including phenoxy) is 5. The molecule has 3 aliphatic carbocycles. The number of fused-ring (bicyclic) bond motifs is 2. The molecule has 0 amide bonds. The summed E-state index contributed by atoms with van der Waals surface area (Å²) in [6.07, 6.45) is 14.4. The fraction of sp³-hybridized carbons (Fsp3) is 0.525. The first-order valence-corrected chi connectivity index (χ1v) is 16.9. The highest BCUT2D eigenvalue weighted by molar-refractivity contribution is 6.19. The Hall–Kier alpha value is -3.91. The highest BCUT2D eigenvalue weighted by Crippen LogP contribution is 2.68. The van der Waals surface area contributed by atoms with Crippen LogP contribution in [0.2, 0.25) is 0 Å². The van der Waals surface area contributed by atoms with Crippen LogP contribution >= 0.6 is 0 Å². The van der Waals surface area contributed by atoms with Crippen molar-refractivity contribution in [2.75, 3.05) is 14.2 Å². The maximum Gasteiger partial charge on any atom is 0.333 e. The fourth-order valence-corrected chi connectivity index (χ4v) is 8.52. The number of carbonyl (C=O) groups is 3. The van der Waals surface area contributed by atoms with E-state index in [0.717, 1.165) is 24.0 Å². The average Bonchev–Trinajstić information content (AvgIpc) is 3.18. The number of allylic oxidation sites excluding steroid dienone is 5. The lowest BCUT2D eigenvalue weighted by atomic mass is 9.51. The Labute approximate surface area is 283 Å². The number of esters is 1. The molecule has 0 radical (unpaired) electrons. The Morgan fingerprint density at radius 2 is 1.69 bits per heavy atom. The zero-order chi connectivity index (χ0) is 35.0. The standard InChI is InChI=1S/C40H48O8/c1-22(2)12-11-17-38(8)18-16-27-32(46-38)26(14-13-23(3)4)34-30(33(27)44-9)31(41)28-20-25-21-29-37(6,7)48-39(35(25)42,40(28,29)47-34)19-15-24(5)36(43)45-10/h12-13,15-16,18,20,25,29H,11,14,17,19,21H2,1-10H3/b24-15-/t25-,29?,38-,39+,40-/m1/s1. The quantitative estimate of drug-likeness (QED) is 0.152. The Bertz CT molecular complexity index is 1760. The van der Waals surface area contributed by atoms with Crippen molar-refractivity contribution < 1.29 is 38.1 Å². The van der Waals surface area contributed by atoms with Crippen LogP contribution in [0.4, 0.5) is 0 Å². The predicted molar refractivity (Wildman–Crippen MR) is 184 cm³/mol. The van der Waals surface area contributed by atoms with E-state index in [2.05, 4.69) is 32.9 Å². The van der Waals surface area contributed by atoms with Gasteiger partial charge in [-0.3, -0.25) is 9.59 Å². The molecule has 8 nitrogen and oxygen atoms in total. The van der Waals surface area contributed by atoms with E-state index < -0.39 is 34.3 Å². The van der Waals surface area contributed by atoms with Crippen LogP contribution in [0, 0.1) is 11.8 Å². The number of benzene rings is 1. The van der Waals surface area contributed by atoms with Crippen LogP contribution in [-0.2, 0) is 25.5 Å². The van der Waals surface area contributed by atoms with Crippen molar-refractivity contribution in [1.82, 2.24) is 0 Å². The third-order valence-electron chi connectivity index (χ3n) is 10.8. The van der Waals surface area contributed by atoms with Gasteiger partial charge in [-0.05, 0) is 93.2 Å². The lowest BCUT2D eigenvalue weighted by Gasteiger charge is -2.56. The third kappa shape index (κ3) is 4.85. The van der Waals surface area contributed by atoms with Gasteiger partial charge in [0.05, 0.1) is 25.4 Å². The summed E-state index contributed by atoms with van der Waals surface area (Å²) in [7, 11) is 2.88. The van der Waals surface area contributed by atoms with Gasteiger partial charge in [0.2, 0.25) is 0 Å². The Balaban J connectivity index is 1.60. The summed E-state index contributed by atoms with van der Waals surface area (Å²) in [5, 5.41) is 0. The van der Waals surface area contributed by atoms with E-state index in [1.54, 1.807) is 26.2 Å². The van der Waals surface area contributed by atoms with Gasteiger partial charge in [0.1, 0.15) is 28.4 Å². The Kier molecular flexibility index (Phi) is 8.22. The molecule has 3 heterocycles. The molecule has 256 valence electrons. The lowest BCUT2D eigenvalue weighted by Crippen LogP contribution is -2.72. The zero-order valence-electron chi connectivity index (χ0n) is 29.9. The normalized spacial score (nSPS) is 30.3. The highest BCUT2D eigenvalue weighted by atomic mass is 16.6. The van der Waals surface area contributed by atoms with Crippen molar-refractivity contribution in [3.8, 4) is 17.2 Å². The van der Waals surface area contributed by atoms with Gasteiger partial charge in [-0.15, -0.1) is 0 Å². The van der Waals surface area contributed by atoms with Gasteiger partial charge in [-0.2, -0.15) is 0 Å². The van der Waals surface area contributed by atoms with Gasteiger partial charge in [0, 0.05) is 35.0 Å². The van der Waals surface area contributed by atoms with Crippen LogP contribution < -0.4 is 14.2 Å². The van der Waals surface area contributed by atoms with Gasteiger partial charge in [0.15, 0.2) is 22.8 Å². The molecule has 3 aliphatic heterocycles. The number of carbonyl (C=O) groups excluding carboxylic acids is 3. The van der Waals surface area contributed by atoms with Gasteiger partial charge >= 0.3 is 5.97 Å². The van der Waals surface area contributed by atoms with E-state index in [1.807, 2.05) is 39.8 Å². The molecule has 1 unspecified atom stereocenters. The first-order valence-electron chi connectivity index (χ1n) is 16.9. The van der Waals surface area contributed by atoms with Crippen LogP contribution in [-0.4, -0.2) is 54.2 Å². The third-order valence-corrected chi connectivity index (χ3v) is 10.8. The molecule has 0 aromatic heterocycles. The molecule has 1 saturated heterocycles. The fourth-order valence-electron chi connectivity index (χ4n) is 8.52. The molecule has 2 fully saturated rings. The van der Waals surface area contributed by atoms with Crippen LogP contribution in [0.1, 0.15) is 103 Å². The van der Waals surface area contributed by atoms with E-state index in [-0.39, 0.29) is 23.9 Å². The summed E-state index contributed by atoms with van der Waals surface area (Å²) in [6.45, 7) is 15.9. The molecular formula is C40H48O8. The van der Waals surface area contributed by atoms with Gasteiger partial charge in [0.25, 0.3) is 0 Å². The molecule has 4 bridgehead atoms. The largest absolute Gasteiger partial charge is 0.495 e. The molecule has 1 spiro atoms. The molecule has 6 aliphatic rings. The van der Waals surface area contributed by atoms with Gasteiger partial charge < -0.3 is 23.7 Å². The van der Waals surface area contributed by atoms with Crippen LogP contribution in [0.25, 0.3) is 6.08 Å². The summed E-state index contributed by atoms with van der Waals surface area (Å²) in [6, 6.07) is 0. The maximum atomic E-state index is 15.0. The minimum atomic E-state index is -1.53. The van der Waals surface area contributed by atoms with E-state index in [1.165, 1.54) is 12.7 Å². The Morgan fingerprint density at radius 3 is 2.33 bits per heavy atom. The SMILES string of the molecule is COC(=O)/C(C)=C\C[C@@]12OC(C)(C)C3C[C@@H](C=C4C(=O)c5c(OC)c6c(c(CC=C(C)C)c5O[C@]431)O[C@](C)(CCC=C(C)C)C=C6)C2=O. The molecular weight excluding hydrogens is 608 g/mol. The summed E-state index contributed by atoms with van der Waals surface area (Å²) in [5.41, 5.74) is 0.506. The van der Waals surface area contributed by atoms with Crippen molar-refractivity contribution >= 4 is 23.6 Å². The highest BCUT2D eigenvalue weighted by Gasteiger charge is 2.81.